The van der Waals surface area contributed by atoms with Gasteiger partial charge in [0.1, 0.15) is 5.82 Å². The first-order valence-corrected chi connectivity index (χ1v) is 10.1. The Hall–Kier alpha value is -3.52. The molecule has 2 heteroatoms. The van der Waals surface area contributed by atoms with Crippen LogP contribution in [-0.2, 0) is 0 Å². The molecule has 2 nitrogen and oxygen atoms in total. The molecule has 0 radical (unpaired) electrons. The summed E-state index contributed by atoms with van der Waals surface area (Å²) in [5.41, 5.74) is 5.53. The van der Waals surface area contributed by atoms with Crippen molar-refractivity contribution in [3.63, 3.8) is 0 Å². The Labute approximate surface area is 170 Å². The molecule has 4 aromatic carbocycles. The summed E-state index contributed by atoms with van der Waals surface area (Å²) in [4.78, 5) is 9.71. The summed E-state index contributed by atoms with van der Waals surface area (Å²) >= 11 is 0. The zero-order chi connectivity index (χ0) is 19.8. The van der Waals surface area contributed by atoms with E-state index in [1.54, 1.807) is 0 Å². The molecule has 1 heterocycles. The smallest absolute Gasteiger partial charge is 0.132 e. The maximum absolute atomic E-state index is 4.94. The first-order valence-electron chi connectivity index (χ1n) is 10.1. The first kappa shape index (κ1) is 17.6. The van der Waals surface area contributed by atoms with Gasteiger partial charge in [0.2, 0.25) is 0 Å². The number of hydrogen-bond acceptors (Lipinski definition) is 2. The van der Waals surface area contributed by atoms with Crippen molar-refractivity contribution in [2.75, 3.05) is 0 Å². The van der Waals surface area contributed by atoms with Crippen LogP contribution in [0.25, 0.3) is 44.1 Å². The van der Waals surface area contributed by atoms with E-state index in [1.807, 2.05) is 6.07 Å². The molecule has 0 saturated carbocycles. The minimum absolute atomic E-state index is 0.280. The molecule has 5 rings (SSSR count). The van der Waals surface area contributed by atoms with E-state index in [4.69, 9.17) is 9.97 Å². The quantitative estimate of drug-likeness (QED) is 0.332. The van der Waals surface area contributed by atoms with Gasteiger partial charge in [0.25, 0.3) is 0 Å². The molecule has 0 fully saturated rings. The maximum atomic E-state index is 4.94. The molecule has 0 saturated heterocycles. The number of aromatic nitrogens is 2. The van der Waals surface area contributed by atoms with Gasteiger partial charge in [0.05, 0.1) is 11.2 Å². The molecular formula is C27H22N2. The van der Waals surface area contributed by atoms with Crippen LogP contribution in [-0.4, -0.2) is 9.97 Å². The van der Waals surface area contributed by atoms with Crippen LogP contribution in [0.5, 0.6) is 0 Å². The predicted molar refractivity (Wildman–Crippen MR) is 122 cm³/mol. The zero-order valence-electron chi connectivity index (χ0n) is 16.6. The SMILES string of the molecule is CC(C)c1nc(-c2cccc(-c3ccc4ccccc4c3)c2)c2ccccc2n1. The Balaban J connectivity index is 1.68. The van der Waals surface area contributed by atoms with E-state index in [0.29, 0.717) is 0 Å². The van der Waals surface area contributed by atoms with E-state index in [9.17, 15) is 0 Å². The molecule has 5 aromatic rings. The van der Waals surface area contributed by atoms with E-state index >= 15 is 0 Å². The fraction of sp³-hybridized carbons (Fsp3) is 0.111. The van der Waals surface area contributed by atoms with Gasteiger partial charge in [-0.2, -0.15) is 0 Å². The van der Waals surface area contributed by atoms with Gasteiger partial charge in [0, 0.05) is 16.9 Å². The van der Waals surface area contributed by atoms with Gasteiger partial charge in [-0.25, -0.2) is 9.97 Å². The van der Waals surface area contributed by atoms with E-state index in [1.165, 1.54) is 21.9 Å². The van der Waals surface area contributed by atoms with Crippen LogP contribution >= 0.6 is 0 Å². The molecule has 1 aromatic heterocycles. The Bertz CT molecular complexity index is 1340. The van der Waals surface area contributed by atoms with Crippen LogP contribution in [0.1, 0.15) is 25.6 Å². The van der Waals surface area contributed by atoms with Crippen molar-refractivity contribution < 1.29 is 0 Å². The summed E-state index contributed by atoms with van der Waals surface area (Å²) in [5.74, 6) is 1.16. The molecule has 0 unspecified atom stereocenters. The van der Waals surface area contributed by atoms with Crippen LogP contribution < -0.4 is 0 Å². The van der Waals surface area contributed by atoms with Crippen LogP contribution in [0.2, 0.25) is 0 Å². The lowest BCUT2D eigenvalue weighted by Gasteiger charge is -2.12. The molecule has 0 spiro atoms. The lowest BCUT2D eigenvalue weighted by atomic mass is 9.97. The third-order valence-electron chi connectivity index (χ3n) is 5.36. The Morgan fingerprint density at radius 1 is 0.586 bits per heavy atom. The molecule has 0 bridgehead atoms. The summed E-state index contributed by atoms with van der Waals surface area (Å²) in [6, 6.07) is 32.0. The highest BCUT2D eigenvalue weighted by Crippen LogP contribution is 2.32. The number of para-hydroxylation sites is 1. The number of fused-ring (bicyclic) bond motifs is 2. The number of hydrogen-bond donors (Lipinski definition) is 0. The molecular weight excluding hydrogens is 352 g/mol. The van der Waals surface area contributed by atoms with Crippen LogP contribution in [0.15, 0.2) is 91.0 Å². The maximum Gasteiger partial charge on any atom is 0.132 e. The van der Waals surface area contributed by atoms with E-state index in [2.05, 4.69) is 98.8 Å². The first-order chi connectivity index (χ1) is 14.2. The highest BCUT2D eigenvalue weighted by Gasteiger charge is 2.12. The molecule has 0 aliphatic heterocycles. The summed E-state index contributed by atoms with van der Waals surface area (Å²) in [6.07, 6.45) is 0. The van der Waals surface area contributed by atoms with Crippen LogP contribution in [0.3, 0.4) is 0 Å². The summed E-state index contributed by atoms with van der Waals surface area (Å²) in [5, 5.41) is 3.60. The number of rotatable bonds is 3. The molecule has 0 N–H and O–H groups in total. The summed E-state index contributed by atoms with van der Waals surface area (Å²) in [7, 11) is 0. The monoisotopic (exact) mass is 374 g/mol. The van der Waals surface area contributed by atoms with Gasteiger partial charge in [-0.15, -0.1) is 0 Å². The highest BCUT2D eigenvalue weighted by atomic mass is 14.9. The van der Waals surface area contributed by atoms with Crippen molar-refractivity contribution in [3.05, 3.63) is 96.8 Å². The van der Waals surface area contributed by atoms with Gasteiger partial charge < -0.3 is 0 Å². The summed E-state index contributed by atoms with van der Waals surface area (Å²) in [6.45, 7) is 4.28. The van der Waals surface area contributed by atoms with Crippen LogP contribution in [0.4, 0.5) is 0 Å². The van der Waals surface area contributed by atoms with Crippen molar-refractivity contribution in [3.8, 4) is 22.4 Å². The molecule has 0 aliphatic carbocycles. The molecule has 0 atom stereocenters. The second kappa shape index (κ2) is 7.14. The van der Waals surface area contributed by atoms with E-state index in [0.717, 1.165) is 28.0 Å². The Morgan fingerprint density at radius 3 is 2.17 bits per heavy atom. The molecule has 0 amide bonds. The van der Waals surface area contributed by atoms with Gasteiger partial charge in [-0.1, -0.05) is 86.6 Å². The normalized spacial score (nSPS) is 11.4. The van der Waals surface area contributed by atoms with E-state index < -0.39 is 0 Å². The Morgan fingerprint density at radius 2 is 1.31 bits per heavy atom. The zero-order valence-corrected chi connectivity index (χ0v) is 16.6. The van der Waals surface area contributed by atoms with Crippen molar-refractivity contribution in [1.29, 1.82) is 0 Å². The fourth-order valence-electron chi connectivity index (χ4n) is 3.79. The fourth-order valence-corrected chi connectivity index (χ4v) is 3.79. The second-order valence-electron chi connectivity index (χ2n) is 7.74. The minimum atomic E-state index is 0.280. The third-order valence-corrected chi connectivity index (χ3v) is 5.36. The third kappa shape index (κ3) is 3.27. The average Bonchev–Trinajstić information content (AvgIpc) is 2.78. The van der Waals surface area contributed by atoms with Crippen molar-refractivity contribution in [1.82, 2.24) is 9.97 Å². The largest absolute Gasteiger partial charge is 0.233 e. The average molecular weight is 374 g/mol. The predicted octanol–water partition coefficient (Wildman–Crippen LogP) is 7.24. The lowest BCUT2D eigenvalue weighted by Crippen LogP contribution is -2.00. The van der Waals surface area contributed by atoms with Crippen molar-refractivity contribution >= 4 is 21.7 Å². The van der Waals surface area contributed by atoms with Crippen molar-refractivity contribution in [2.24, 2.45) is 0 Å². The second-order valence-corrected chi connectivity index (χ2v) is 7.74. The van der Waals surface area contributed by atoms with Gasteiger partial charge in [0.15, 0.2) is 0 Å². The van der Waals surface area contributed by atoms with E-state index in [-0.39, 0.29) is 5.92 Å². The standard InChI is InChI=1S/C27H22N2/c1-18(2)27-28-25-13-6-5-12-24(25)26(29-27)23-11-7-10-21(17-23)22-15-14-19-8-3-4-9-20(19)16-22/h3-18H,1-2H3. The summed E-state index contributed by atoms with van der Waals surface area (Å²) < 4.78 is 0. The topological polar surface area (TPSA) is 25.8 Å². The molecule has 140 valence electrons. The minimum Gasteiger partial charge on any atom is -0.233 e. The number of nitrogens with zero attached hydrogens (tertiary/aromatic N) is 2. The lowest BCUT2D eigenvalue weighted by molar-refractivity contribution is 0.784. The van der Waals surface area contributed by atoms with Crippen molar-refractivity contribution in [2.45, 2.75) is 19.8 Å². The van der Waals surface area contributed by atoms with Gasteiger partial charge >= 0.3 is 0 Å². The number of benzene rings is 4. The molecule has 29 heavy (non-hydrogen) atoms. The van der Waals surface area contributed by atoms with Gasteiger partial charge in [-0.05, 0) is 40.1 Å². The van der Waals surface area contributed by atoms with Gasteiger partial charge in [-0.3, -0.25) is 0 Å². The highest BCUT2D eigenvalue weighted by molar-refractivity contribution is 5.93. The van der Waals surface area contributed by atoms with Crippen LogP contribution in [0, 0.1) is 0 Å². The molecule has 0 aliphatic rings. The Kier molecular flexibility index (Phi) is 4.33.